The molecule has 0 saturated heterocycles. The van der Waals surface area contributed by atoms with Gasteiger partial charge in [-0.25, -0.2) is 4.98 Å². The fourth-order valence-electron chi connectivity index (χ4n) is 2.00. The summed E-state index contributed by atoms with van der Waals surface area (Å²) in [5, 5.41) is 11.2. The first-order chi connectivity index (χ1) is 10.3. The average Bonchev–Trinajstić information content (AvgIpc) is 2.91. The van der Waals surface area contributed by atoms with Gasteiger partial charge in [-0.2, -0.15) is 0 Å². The number of pyridine rings is 2. The lowest BCUT2D eigenvalue weighted by Crippen LogP contribution is -2.26. The highest BCUT2D eigenvalue weighted by Gasteiger charge is 2.10. The van der Waals surface area contributed by atoms with Crippen molar-refractivity contribution < 1.29 is 4.79 Å². The lowest BCUT2D eigenvalue weighted by Gasteiger charge is -2.05. The molecule has 7 heteroatoms. The van der Waals surface area contributed by atoms with Gasteiger partial charge in [0.15, 0.2) is 5.65 Å². The van der Waals surface area contributed by atoms with E-state index in [4.69, 9.17) is 11.6 Å². The standard InChI is InChI=1S/C14H12ClN5O/c15-13-10(4-3-7-16-13)14(21)17-8-6-12-19-18-11-5-1-2-9-20(11)12/h1-5,7,9H,6,8H2,(H,17,21). The van der Waals surface area contributed by atoms with Crippen molar-refractivity contribution in [3.8, 4) is 0 Å². The van der Waals surface area contributed by atoms with E-state index in [-0.39, 0.29) is 11.1 Å². The molecule has 0 unspecified atom stereocenters. The van der Waals surface area contributed by atoms with Crippen LogP contribution in [0.1, 0.15) is 16.2 Å². The van der Waals surface area contributed by atoms with Gasteiger partial charge in [-0.1, -0.05) is 17.7 Å². The molecule has 106 valence electrons. The summed E-state index contributed by atoms with van der Waals surface area (Å²) >= 11 is 5.88. The van der Waals surface area contributed by atoms with Gasteiger partial charge in [-0.05, 0) is 24.3 Å². The van der Waals surface area contributed by atoms with Gasteiger partial charge in [-0.3, -0.25) is 9.20 Å². The predicted molar refractivity (Wildman–Crippen MR) is 78.3 cm³/mol. The number of nitrogens with zero attached hydrogens (tertiary/aromatic N) is 4. The van der Waals surface area contributed by atoms with E-state index in [2.05, 4.69) is 20.5 Å². The Bertz CT molecular complexity index is 786. The van der Waals surface area contributed by atoms with Gasteiger partial charge in [0.2, 0.25) is 0 Å². The quantitative estimate of drug-likeness (QED) is 0.745. The summed E-state index contributed by atoms with van der Waals surface area (Å²) < 4.78 is 1.89. The maximum absolute atomic E-state index is 12.0. The van der Waals surface area contributed by atoms with Crippen molar-refractivity contribution in [1.29, 1.82) is 0 Å². The van der Waals surface area contributed by atoms with E-state index in [1.54, 1.807) is 18.3 Å². The second-order valence-corrected chi connectivity index (χ2v) is 4.75. The molecule has 3 aromatic rings. The SMILES string of the molecule is O=C(NCCc1nnc2ccccn12)c1cccnc1Cl. The summed E-state index contributed by atoms with van der Waals surface area (Å²) in [4.78, 5) is 15.9. The van der Waals surface area contributed by atoms with E-state index < -0.39 is 0 Å². The van der Waals surface area contributed by atoms with E-state index >= 15 is 0 Å². The zero-order chi connectivity index (χ0) is 14.7. The Morgan fingerprint density at radius 3 is 3.00 bits per heavy atom. The molecule has 1 N–H and O–H groups in total. The smallest absolute Gasteiger partial charge is 0.254 e. The Balaban J connectivity index is 1.64. The third kappa shape index (κ3) is 2.85. The molecule has 3 aromatic heterocycles. The normalized spacial score (nSPS) is 10.7. The van der Waals surface area contributed by atoms with Crippen LogP contribution in [0.4, 0.5) is 0 Å². The van der Waals surface area contributed by atoms with Crippen molar-refractivity contribution in [2.45, 2.75) is 6.42 Å². The van der Waals surface area contributed by atoms with Crippen LogP contribution in [-0.2, 0) is 6.42 Å². The molecule has 1 amide bonds. The number of hydrogen-bond donors (Lipinski definition) is 1. The van der Waals surface area contributed by atoms with Crippen LogP contribution in [0.25, 0.3) is 5.65 Å². The van der Waals surface area contributed by atoms with E-state index in [0.29, 0.717) is 18.5 Å². The molecule has 3 heterocycles. The summed E-state index contributed by atoms with van der Waals surface area (Å²) in [6, 6.07) is 9.00. The Morgan fingerprint density at radius 1 is 1.24 bits per heavy atom. The molecular formula is C14H12ClN5O. The Kier molecular flexibility index (Phi) is 3.79. The predicted octanol–water partition coefficient (Wildman–Crippen LogP) is 1.75. The fraction of sp³-hybridized carbons (Fsp3) is 0.143. The highest BCUT2D eigenvalue weighted by Crippen LogP contribution is 2.11. The van der Waals surface area contributed by atoms with Gasteiger partial charge < -0.3 is 5.32 Å². The van der Waals surface area contributed by atoms with Gasteiger partial charge in [0, 0.05) is 25.4 Å². The molecule has 0 saturated carbocycles. The Morgan fingerprint density at radius 2 is 2.14 bits per heavy atom. The van der Waals surface area contributed by atoms with Crippen LogP contribution in [0, 0.1) is 0 Å². The highest BCUT2D eigenvalue weighted by molar-refractivity contribution is 6.32. The van der Waals surface area contributed by atoms with Crippen LogP contribution in [-0.4, -0.2) is 32.0 Å². The number of rotatable bonds is 4. The zero-order valence-electron chi connectivity index (χ0n) is 11.0. The zero-order valence-corrected chi connectivity index (χ0v) is 11.8. The van der Waals surface area contributed by atoms with Crippen LogP contribution in [0.2, 0.25) is 5.15 Å². The maximum atomic E-state index is 12.0. The number of nitrogens with one attached hydrogen (secondary N) is 1. The van der Waals surface area contributed by atoms with Gasteiger partial charge in [0.25, 0.3) is 5.91 Å². The molecule has 3 rings (SSSR count). The molecule has 0 fully saturated rings. The lowest BCUT2D eigenvalue weighted by atomic mass is 10.2. The third-order valence-corrected chi connectivity index (χ3v) is 3.32. The number of amides is 1. The third-order valence-electron chi connectivity index (χ3n) is 3.02. The molecule has 0 radical (unpaired) electrons. The van der Waals surface area contributed by atoms with Crippen molar-refractivity contribution in [3.63, 3.8) is 0 Å². The molecule has 0 aromatic carbocycles. The summed E-state index contributed by atoms with van der Waals surface area (Å²) in [6.07, 6.45) is 4.01. The van der Waals surface area contributed by atoms with Crippen molar-refractivity contribution >= 4 is 23.2 Å². The van der Waals surface area contributed by atoms with Crippen LogP contribution in [0.15, 0.2) is 42.7 Å². The molecule has 0 atom stereocenters. The second-order valence-electron chi connectivity index (χ2n) is 4.39. The van der Waals surface area contributed by atoms with Crippen molar-refractivity contribution in [1.82, 2.24) is 24.9 Å². The topological polar surface area (TPSA) is 72.2 Å². The van der Waals surface area contributed by atoms with Gasteiger partial charge in [-0.15, -0.1) is 10.2 Å². The summed E-state index contributed by atoms with van der Waals surface area (Å²) in [6.45, 7) is 0.444. The molecule has 0 aliphatic carbocycles. The minimum absolute atomic E-state index is 0.197. The number of fused-ring (bicyclic) bond motifs is 1. The molecule has 0 bridgehead atoms. The fourth-order valence-corrected chi connectivity index (χ4v) is 2.21. The lowest BCUT2D eigenvalue weighted by molar-refractivity contribution is 0.0954. The monoisotopic (exact) mass is 301 g/mol. The summed E-state index contributed by atoms with van der Waals surface area (Å²) in [5.74, 6) is 0.546. The Hall–Kier alpha value is -2.47. The average molecular weight is 302 g/mol. The first-order valence-corrected chi connectivity index (χ1v) is 6.81. The molecular weight excluding hydrogens is 290 g/mol. The molecule has 0 aliphatic heterocycles. The van der Waals surface area contributed by atoms with E-state index in [1.165, 1.54) is 0 Å². The molecule has 21 heavy (non-hydrogen) atoms. The highest BCUT2D eigenvalue weighted by atomic mass is 35.5. The molecule has 0 aliphatic rings. The van der Waals surface area contributed by atoms with Crippen LogP contribution >= 0.6 is 11.6 Å². The van der Waals surface area contributed by atoms with Gasteiger partial charge in [0.05, 0.1) is 5.56 Å². The van der Waals surface area contributed by atoms with Crippen molar-refractivity contribution in [3.05, 3.63) is 59.3 Å². The second kappa shape index (κ2) is 5.88. The van der Waals surface area contributed by atoms with E-state index in [9.17, 15) is 4.79 Å². The first-order valence-electron chi connectivity index (χ1n) is 6.43. The Labute approximate surface area is 125 Å². The van der Waals surface area contributed by atoms with Gasteiger partial charge >= 0.3 is 0 Å². The van der Waals surface area contributed by atoms with Crippen LogP contribution < -0.4 is 5.32 Å². The number of carbonyl (C=O) groups is 1. The van der Waals surface area contributed by atoms with Crippen LogP contribution in [0.3, 0.4) is 0 Å². The number of halogens is 1. The number of aromatic nitrogens is 4. The number of carbonyl (C=O) groups excluding carboxylic acids is 1. The minimum atomic E-state index is -0.248. The molecule has 0 spiro atoms. The van der Waals surface area contributed by atoms with Crippen molar-refractivity contribution in [2.24, 2.45) is 0 Å². The maximum Gasteiger partial charge on any atom is 0.254 e. The van der Waals surface area contributed by atoms with E-state index in [0.717, 1.165) is 11.5 Å². The van der Waals surface area contributed by atoms with Crippen LogP contribution in [0.5, 0.6) is 0 Å². The summed E-state index contributed by atoms with van der Waals surface area (Å²) in [5.41, 5.74) is 1.15. The largest absolute Gasteiger partial charge is 0.351 e. The van der Waals surface area contributed by atoms with Crippen molar-refractivity contribution in [2.75, 3.05) is 6.54 Å². The van der Waals surface area contributed by atoms with E-state index in [1.807, 2.05) is 28.8 Å². The molecule has 6 nitrogen and oxygen atoms in total. The number of hydrogen-bond acceptors (Lipinski definition) is 4. The van der Waals surface area contributed by atoms with Gasteiger partial charge in [0.1, 0.15) is 11.0 Å². The minimum Gasteiger partial charge on any atom is -0.351 e. The first kappa shape index (κ1) is 13.5. The summed E-state index contributed by atoms with van der Waals surface area (Å²) in [7, 11) is 0.